The number of nitrogens with zero attached hydrogens (tertiary/aromatic N) is 4. The largest absolute Gasteiger partial charge is 0.355 e. The van der Waals surface area contributed by atoms with Crippen LogP contribution in [-0.2, 0) is 0 Å². The summed E-state index contributed by atoms with van der Waals surface area (Å²) in [4.78, 5) is 25.3. The lowest BCUT2D eigenvalue weighted by Crippen LogP contribution is -2.12. The van der Waals surface area contributed by atoms with E-state index in [1.165, 1.54) is 6.20 Å². The SMILES string of the molecule is C=C/C(=C\C=NC)Nc1ccc(NC(=O)c2ccc(Nc3ccnc4ccc(C#N)cc34)nc2)cc1. The number of hydrogen-bond acceptors (Lipinski definition) is 7. The molecule has 2 aromatic heterocycles. The molecule has 3 N–H and O–H groups in total. The number of nitriles is 1. The molecule has 36 heavy (non-hydrogen) atoms. The van der Waals surface area contributed by atoms with E-state index in [1.54, 1.807) is 55.9 Å². The average molecular weight is 474 g/mol. The second-order valence-corrected chi connectivity index (χ2v) is 7.65. The van der Waals surface area contributed by atoms with Crippen LogP contribution in [0.1, 0.15) is 15.9 Å². The molecule has 0 aliphatic rings. The number of nitrogens with one attached hydrogen (secondary N) is 3. The fourth-order valence-corrected chi connectivity index (χ4v) is 3.39. The van der Waals surface area contributed by atoms with Crippen molar-refractivity contribution in [1.82, 2.24) is 9.97 Å². The monoisotopic (exact) mass is 473 g/mol. The van der Waals surface area contributed by atoms with Crippen LogP contribution < -0.4 is 16.0 Å². The third-order valence-corrected chi connectivity index (χ3v) is 5.21. The highest BCUT2D eigenvalue weighted by Crippen LogP contribution is 2.25. The molecule has 8 nitrogen and oxygen atoms in total. The van der Waals surface area contributed by atoms with Crippen molar-refractivity contribution < 1.29 is 4.79 Å². The molecular weight excluding hydrogens is 450 g/mol. The van der Waals surface area contributed by atoms with Gasteiger partial charge in [0.15, 0.2) is 0 Å². The zero-order chi connectivity index (χ0) is 25.3. The van der Waals surface area contributed by atoms with Gasteiger partial charge in [-0.2, -0.15) is 5.26 Å². The summed E-state index contributed by atoms with van der Waals surface area (Å²) in [5, 5.41) is 19.3. The topological polar surface area (TPSA) is 115 Å². The van der Waals surface area contributed by atoms with Gasteiger partial charge in [-0.3, -0.25) is 14.8 Å². The Hall–Kier alpha value is -5.29. The van der Waals surface area contributed by atoms with E-state index in [-0.39, 0.29) is 5.91 Å². The Morgan fingerprint density at radius 2 is 1.81 bits per heavy atom. The van der Waals surface area contributed by atoms with Crippen molar-refractivity contribution in [2.75, 3.05) is 23.0 Å². The van der Waals surface area contributed by atoms with Crippen molar-refractivity contribution in [2.45, 2.75) is 0 Å². The molecule has 0 spiro atoms. The standard InChI is InChI=1S/C28H23N7O/c1-3-21(12-14-30-2)33-22-6-8-23(9-7-22)34-28(36)20-5-11-27(32-18-20)35-26-13-15-31-25-10-4-19(17-29)16-24(25)26/h3-16,18,33H,1H2,2H3,(H,34,36)(H,31,32,35)/b21-12+,30-14?. The Kier molecular flexibility index (Phi) is 7.44. The molecule has 0 unspecified atom stereocenters. The molecular formula is C28H23N7O. The van der Waals surface area contributed by atoms with Crippen LogP contribution in [-0.4, -0.2) is 29.1 Å². The van der Waals surface area contributed by atoms with E-state index in [1.807, 2.05) is 36.4 Å². The molecule has 0 aliphatic heterocycles. The molecule has 0 radical (unpaired) electrons. The van der Waals surface area contributed by atoms with E-state index >= 15 is 0 Å². The van der Waals surface area contributed by atoms with Gasteiger partial charge in [-0.15, -0.1) is 0 Å². The van der Waals surface area contributed by atoms with E-state index in [0.29, 0.717) is 22.6 Å². The fourth-order valence-electron chi connectivity index (χ4n) is 3.39. The Labute approximate surface area is 208 Å². The lowest BCUT2D eigenvalue weighted by molar-refractivity contribution is 0.102. The van der Waals surface area contributed by atoms with E-state index < -0.39 is 0 Å². The number of aromatic nitrogens is 2. The maximum absolute atomic E-state index is 12.7. The summed E-state index contributed by atoms with van der Waals surface area (Å²) in [5.41, 5.74) is 4.82. The molecule has 0 fully saturated rings. The van der Waals surface area contributed by atoms with Gasteiger partial charge in [0.25, 0.3) is 5.91 Å². The number of hydrogen-bond donors (Lipinski definition) is 3. The maximum Gasteiger partial charge on any atom is 0.257 e. The molecule has 176 valence electrons. The minimum Gasteiger partial charge on any atom is -0.355 e. The van der Waals surface area contributed by atoms with Crippen LogP contribution in [0.2, 0.25) is 0 Å². The summed E-state index contributed by atoms with van der Waals surface area (Å²) >= 11 is 0. The predicted molar refractivity (Wildman–Crippen MR) is 145 cm³/mol. The van der Waals surface area contributed by atoms with Crippen LogP contribution in [0.25, 0.3) is 10.9 Å². The van der Waals surface area contributed by atoms with Crippen molar-refractivity contribution >= 4 is 45.9 Å². The summed E-state index contributed by atoms with van der Waals surface area (Å²) in [6.45, 7) is 3.78. The van der Waals surface area contributed by atoms with Crippen LogP contribution in [0.5, 0.6) is 0 Å². The first-order valence-electron chi connectivity index (χ1n) is 11.0. The molecule has 2 aromatic carbocycles. The molecule has 0 atom stereocenters. The lowest BCUT2D eigenvalue weighted by atomic mass is 10.1. The molecule has 8 heteroatoms. The smallest absolute Gasteiger partial charge is 0.257 e. The van der Waals surface area contributed by atoms with Gasteiger partial charge in [0.2, 0.25) is 0 Å². The van der Waals surface area contributed by atoms with Gasteiger partial charge in [-0.25, -0.2) is 4.98 Å². The highest BCUT2D eigenvalue weighted by Gasteiger charge is 2.09. The molecule has 1 amide bonds. The summed E-state index contributed by atoms with van der Waals surface area (Å²) in [6.07, 6.45) is 8.39. The number of fused-ring (bicyclic) bond motifs is 1. The second kappa shape index (κ2) is 11.2. The van der Waals surface area contributed by atoms with Gasteiger partial charge in [-0.05, 0) is 72.8 Å². The number of carbonyl (C=O) groups is 1. The molecule has 0 aliphatic carbocycles. The zero-order valence-electron chi connectivity index (χ0n) is 19.6. The molecule has 0 bridgehead atoms. The number of carbonyl (C=O) groups excluding carboxylic acids is 1. The number of benzene rings is 2. The third kappa shape index (κ3) is 5.79. The number of amides is 1. The molecule has 2 heterocycles. The normalized spacial score (nSPS) is 11.2. The summed E-state index contributed by atoms with van der Waals surface area (Å²) in [6, 6.07) is 20.0. The summed E-state index contributed by atoms with van der Waals surface area (Å²) in [7, 11) is 1.70. The number of aliphatic imine (C=N–C) groups is 1. The predicted octanol–water partition coefficient (Wildman–Crippen LogP) is 5.68. The fraction of sp³-hybridized carbons (Fsp3) is 0.0357. The molecule has 0 saturated carbocycles. The van der Waals surface area contributed by atoms with E-state index in [9.17, 15) is 10.1 Å². The number of allylic oxidation sites excluding steroid dienone is 2. The van der Waals surface area contributed by atoms with Gasteiger partial charge in [0.1, 0.15) is 5.82 Å². The van der Waals surface area contributed by atoms with Crippen LogP contribution in [0, 0.1) is 11.3 Å². The van der Waals surface area contributed by atoms with Crippen molar-refractivity contribution in [3.8, 4) is 6.07 Å². The van der Waals surface area contributed by atoms with E-state index in [0.717, 1.165) is 28.0 Å². The Bertz CT molecular complexity index is 1500. The van der Waals surface area contributed by atoms with Crippen molar-refractivity contribution in [3.63, 3.8) is 0 Å². The molecule has 4 rings (SSSR count). The molecule has 4 aromatic rings. The summed E-state index contributed by atoms with van der Waals surface area (Å²) in [5.74, 6) is 0.296. The Morgan fingerprint density at radius 1 is 1.03 bits per heavy atom. The zero-order valence-corrected chi connectivity index (χ0v) is 19.6. The van der Waals surface area contributed by atoms with Crippen LogP contribution in [0.15, 0.2) is 102 Å². The van der Waals surface area contributed by atoms with Gasteiger partial charge in [-0.1, -0.05) is 6.58 Å². The van der Waals surface area contributed by atoms with Gasteiger partial charge >= 0.3 is 0 Å². The van der Waals surface area contributed by atoms with Gasteiger partial charge in [0, 0.05) is 48.1 Å². The minimum atomic E-state index is -0.270. The Morgan fingerprint density at radius 3 is 2.47 bits per heavy atom. The van der Waals surface area contributed by atoms with Crippen molar-refractivity contribution in [2.24, 2.45) is 4.99 Å². The third-order valence-electron chi connectivity index (χ3n) is 5.21. The van der Waals surface area contributed by atoms with E-state index in [4.69, 9.17) is 0 Å². The highest BCUT2D eigenvalue weighted by atomic mass is 16.1. The number of anilines is 4. The first-order valence-corrected chi connectivity index (χ1v) is 11.0. The van der Waals surface area contributed by atoms with Gasteiger partial charge < -0.3 is 16.0 Å². The highest BCUT2D eigenvalue weighted by molar-refractivity contribution is 6.04. The maximum atomic E-state index is 12.7. The first-order chi connectivity index (χ1) is 17.6. The van der Waals surface area contributed by atoms with Crippen LogP contribution in [0.4, 0.5) is 22.9 Å². The minimum absolute atomic E-state index is 0.270. The van der Waals surface area contributed by atoms with Gasteiger partial charge in [0.05, 0.1) is 28.4 Å². The number of pyridine rings is 2. The quantitative estimate of drug-likeness (QED) is 0.224. The van der Waals surface area contributed by atoms with Crippen LogP contribution in [0.3, 0.4) is 0 Å². The van der Waals surface area contributed by atoms with Crippen molar-refractivity contribution in [3.05, 3.63) is 109 Å². The summed E-state index contributed by atoms with van der Waals surface area (Å²) < 4.78 is 0. The number of rotatable bonds is 8. The first kappa shape index (κ1) is 23.9. The lowest BCUT2D eigenvalue weighted by Gasteiger charge is -2.10. The second-order valence-electron chi connectivity index (χ2n) is 7.65. The van der Waals surface area contributed by atoms with Crippen molar-refractivity contribution in [1.29, 1.82) is 5.26 Å². The molecule has 0 saturated heterocycles. The Balaban J connectivity index is 1.42. The van der Waals surface area contributed by atoms with E-state index in [2.05, 4.69) is 43.6 Å². The average Bonchev–Trinajstić information content (AvgIpc) is 2.92. The van der Waals surface area contributed by atoms with Crippen LogP contribution >= 0.6 is 0 Å².